The first-order valence-electron chi connectivity index (χ1n) is 24.6. The predicted octanol–water partition coefficient (Wildman–Crippen LogP) is 18.3. The number of hydrogen-bond donors (Lipinski definition) is 0. The number of hydrogen-bond acceptors (Lipinski definition) is 1. The maximum Gasteiger partial charge on any atom is 0.0688 e. The Labute approximate surface area is 414 Å². The van der Waals surface area contributed by atoms with Gasteiger partial charge in [-0.15, -0.1) is 0 Å². The number of rotatable bonds is 8. The number of aliphatic imine (C=N–C) groups is 1. The van der Waals surface area contributed by atoms with Crippen LogP contribution in [0.15, 0.2) is 248 Å². The number of fused-ring (bicyclic) bond motifs is 9. The van der Waals surface area contributed by atoms with Gasteiger partial charge in [0.2, 0.25) is 0 Å². The van der Waals surface area contributed by atoms with Gasteiger partial charge in [-0.3, -0.25) is 4.99 Å². The molecule has 0 N–H and O–H groups in total. The Hall–Kier alpha value is -8.13. The molecule has 0 atom stereocenters. The zero-order valence-electron chi connectivity index (χ0n) is 40.6. The van der Waals surface area contributed by atoms with Crippen LogP contribution in [0.4, 0.5) is 0 Å². The smallest absolute Gasteiger partial charge is 0.0688 e. The first-order valence-corrected chi connectivity index (χ1v) is 24.6. The van der Waals surface area contributed by atoms with E-state index in [0.29, 0.717) is 0 Å². The van der Waals surface area contributed by atoms with Gasteiger partial charge >= 0.3 is 0 Å². The van der Waals surface area contributed by atoms with Gasteiger partial charge in [-0.2, -0.15) is 0 Å². The van der Waals surface area contributed by atoms with Gasteiger partial charge in [0.1, 0.15) is 0 Å². The molecule has 1 heteroatoms. The summed E-state index contributed by atoms with van der Waals surface area (Å²) in [4.78, 5) is 5.20. The fourth-order valence-electron chi connectivity index (χ4n) is 11.2. The van der Waals surface area contributed by atoms with E-state index in [1.165, 1.54) is 83.5 Å². The molecular formula is C69H57N. The van der Waals surface area contributed by atoms with E-state index >= 15 is 0 Å². The van der Waals surface area contributed by atoms with Crippen molar-refractivity contribution in [2.75, 3.05) is 0 Å². The Morgan fingerprint density at radius 1 is 0.471 bits per heavy atom. The van der Waals surface area contributed by atoms with Crippen molar-refractivity contribution in [3.05, 3.63) is 288 Å². The highest BCUT2D eigenvalue weighted by Crippen LogP contribution is 2.63. The zero-order valence-corrected chi connectivity index (χ0v) is 40.6. The van der Waals surface area contributed by atoms with Crippen LogP contribution in [0.1, 0.15) is 85.0 Å². The molecule has 0 aromatic heterocycles. The summed E-state index contributed by atoms with van der Waals surface area (Å²) >= 11 is 0. The molecule has 0 radical (unpaired) electrons. The minimum absolute atomic E-state index is 0.140. The Morgan fingerprint density at radius 2 is 0.986 bits per heavy atom. The molecular weight excluding hydrogens is 843 g/mol. The Morgan fingerprint density at radius 3 is 1.53 bits per heavy atom. The highest BCUT2D eigenvalue weighted by molar-refractivity contribution is 6.04. The second-order valence-corrected chi connectivity index (χ2v) is 19.8. The molecule has 4 aliphatic carbocycles. The van der Waals surface area contributed by atoms with Crippen LogP contribution in [0.25, 0.3) is 66.9 Å². The van der Waals surface area contributed by atoms with Gasteiger partial charge in [0.15, 0.2) is 0 Å². The van der Waals surface area contributed by atoms with E-state index in [9.17, 15) is 0 Å². The summed E-state index contributed by atoms with van der Waals surface area (Å²) in [7, 11) is 0. The maximum atomic E-state index is 5.20. The second-order valence-electron chi connectivity index (χ2n) is 19.8. The van der Waals surface area contributed by atoms with Gasteiger partial charge < -0.3 is 0 Å². The van der Waals surface area contributed by atoms with Gasteiger partial charge in [-0.1, -0.05) is 215 Å². The molecule has 12 rings (SSSR count). The molecule has 8 aromatic rings. The maximum absolute atomic E-state index is 5.20. The van der Waals surface area contributed by atoms with E-state index in [1.807, 2.05) is 0 Å². The van der Waals surface area contributed by atoms with Crippen molar-refractivity contribution in [1.82, 2.24) is 0 Å². The van der Waals surface area contributed by atoms with Crippen LogP contribution in [0, 0.1) is 5.41 Å². The molecule has 4 aliphatic rings. The monoisotopic (exact) mass is 899 g/mol. The van der Waals surface area contributed by atoms with Gasteiger partial charge in [0.05, 0.1) is 11.1 Å². The van der Waals surface area contributed by atoms with Crippen molar-refractivity contribution in [2.24, 2.45) is 10.4 Å². The summed E-state index contributed by atoms with van der Waals surface area (Å²) in [6, 6.07) is 70.2. The Kier molecular flexibility index (Phi) is 11.5. The van der Waals surface area contributed by atoms with Crippen molar-refractivity contribution >= 4 is 28.1 Å². The number of nitrogens with zero attached hydrogens (tertiary/aromatic N) is 1. The summed E-state index contributed by atoms with van der Waals surface area (Å²) in [6.07, 6.45) is 13.7. The zero-order chi connectivity index (χ0) is 48.0. The van der Waals surface area contributed by atoms with Gasteiger partial charge in [0, 0.05) is 16.7 Å². The molecule has 0 amide bonds. The molecule has 0 heterocycles. The molecule has 70 heavy (non-hydrogen) atoms. The first-order chi connectivity index (χ1) is 34.1. The summed E-state index contributed by atoms with van der Waals surface area (Å²) in [5.74, 6) is 0. The van der Waals surface area contributed by atoms with Gasteiger partial charge in [-0.25, -0.2) is 0 Å². The minimum atomic E-state index is -0.287. The third kappa shape index (κ3) is 8.02. The quantitative estimate of drug-likeness (QED) is 0.135. The molecule has 1 nitrogen and oxygen atoms in total. The molecule has 0 bridgehead atoms. The number of benzene rings is 8. The van der Waals surface area contributed by atoms with E-state index in [2.05, 4.69) is 265 Å². The fraction of sp³-hybridized carbons (Fsp3) is 0.116. The molecule has 1 spiro atoms. The van der Waals surface area contributed by atoms with Crippen molar-refractivity contribution in [3.63, 3.8) is 0 Å². The third-order valence-electron chi connectivity index (χ3n) is 14.6. The SMILES string of the molecule is C=C(C)c1cc(C2=CC(C)(C)C=C2)cc(-c2ccccc2)c1.C=C(N=C(C)c1ccc2c(c1)C1(C3=C2C=CCC3)c2ccccc2-c2ccccc21)c1cc(-c2ccccc2)cc(-c2ccccc2)c1. The second kappa shape index (κ2) is 18.1. The van der Waals surface area contributed by atoms with Crippen molar-refractivity contribution in [1.29, 1.82) is 0 Å². The van der Waals surface area contributed by atoms with Gasteiger partial charge in [-0.05, 0) is 169 Å². The van der Waals surface area contributed by atoms with Crippen LogP contribution >= 0.6 is 0 Å². The average molecular weight is 900 g/mol. The average Bonchev–Trinajstić information content (AvgIpc) is 4.04. The molecule has 0 aliphatic heterocycles. The standard InChI is InChI=1S/C47H35N.C22H22/c1-31(48-32(2)36-27-37(33-15-5-3-6-16-33)29-38(28-36)34-17-7-4-8-18-34)35-25-26-42-41-21-11-14-24-45(41)47(46(42)30-35)43-22-12-9-19-39(43)40-20-10-13-23-44(40)47;1-16(2)19-12-20(17-8-6-5-7-9-17)14-21(13-19)18-10-11-22(3,4)15-18/h3-13,15-23,25-30H,2,14,24H2,1H3;5-15H,1H2,2-4H3. The van der Waals surface area contributed by atoms with E-state index in [0.717, 1.165) is 52.1 Å². The molecule has 0 saturated heterocycles. The van der Waals surface area contributed by atoms with E-state index in [-0.39, 0.29) is 10.8 Å². The molecule has 8 aromatic carbocycles. The largest absolute Gasteiger partial charge is 0.253 e. The van der Waals surface area contributed by atoms with Crippen LogP contribution in [0.2, 0.25) is 0 Å². The summed E-state index contributed by atoms with van der Waals surface area (Å²) in [5.41, 5.74) is 26.9. The van der Waals surface area contributed by atoms with E-state index in [4.69, 9.17) is 4.99 Å². The highest BCUT2D eigenvalue weighted by Gasteiger charge is 2.52. The van der Waals surface area contributed by atoms with E-state index < -0.39 is 0 Å². The normalized spacial score (nSPS) is 15.4. The lowest BCUT2D eigenvalue weighted by Crippen LogP contribution is -2.28. The van der Waals surface area contributed by atoms with Crippen molar-refractivity contribution in [3.8, 4) is 44.5 Å². The minimum Gasteiger partial charge on any atom is -0.253 e. The van der Waals surface area contributed by atoms with Crippen LogP contribution in [-0.4, -0.2) is 5.71 Å². The van der Waals surface area contributed by atoms with Crippen LogP contribution in [-0.2, 0) is 5.41 Å². The van der Waals surface area contributed by atoms with E-state index in [1.54, 1.807) is 0 Å². The van der Waals surface area contributed by atoms with Crippen LogP contribution in [0.5, 0.6) is 0 Å². The highest BCUT2D eigenvalue weighted by atomic mass is 14.8. The topological polar surface area (TPSA) is 12.4 Å². The summed E-state index contributed by atoms with van der Waals surface area (Å²) < 4.78 is 0. The fourth-order valence-corrected chi connectivity index (χ4v) is 11.2. The third-order valence-corrected chi connectivity index (χ3v) is 14.6. The lowest BCUT2D eigenvalue weighted by molar-refractivity contribution is 0.637. The first kappa shape index (κ1) is 44.4. The summed E-state index contributed by atoms with van der Waals surface area (Å²) in [5, 5.41) is 0. The molecule has 0 saturated carbocycles. The molecule has 338 valence electrons. The Bertz CT molecular complexity index is 3430. The molecule has 0 fully saturated rings. The number of allylic oxidation sites excluding steroid dienone is 9. The predicted molar refractivity (Wildman–Crippen MR) is 300 cm³/mol. The lowest BCUT2D eigenvalue weighted by Gasteiger charge is -2.33. The molecule has 0 unspecified atom stereocenters. The van der Waals surface area contributed by atoms with Crippen LogP contribution in [0.3, 0.4) is 0 Å². The summed E-state index contributed by atoms with van der Waals surface area (Å²) in [6.45, 7) is 17.3. The van der Waals surface area contributed by atoms with Gasteiger partial charge in [0.25, 0.3) is 0 Å². The Balaban J connectivity index is 0.000000203. The lowest BCUT2D eigenvalue weighted by atomic mass is 9.68. The van der Waals surface area contributed by atoms with Crippen LogP contribution < -0.4 is 0 Å². The van der Waals surface area contributed by atoms with Crippen molar-refractivity contribution in [2.45, 2.75) is 46.0 Å². The van der Waals surface area contributed by atoms with Crippen molar-refractivity contribution < 1.29 is 0 Å².